The van der Waals surface area contributed by atoms with Crippen LogP contribution in [-0.4, -0.2) is 48.5 Å². The van der Waals surface area contributed by atoms with E-state index in [-0.39, 0.29) is 17.4 Å². The van der Waals surface area contributed by atoms with Crippen LogP contribution >= 0.6 is 11.3 Å². The smallest absolute Gasteiger partial charge is 0.315 e. The van der Waals surface area contributed by atoms with Crippen LogP contribution < -0.4 is 10.1 Å². The second kappa shape index (κ2) is 8.85. The van der Waals surface area contributed by atoms with E-state index < -0.39 is 5.91 Å². The number of hydrogen-bond acceptors (Lipinski definition) is 6. The van der Waals surface area contributed by atoms with Crippen molar-refractivity contribution in [2.45, 2.75) is 13.5 Å². The Bertz CT molecular complexity index is 1010. The third-order valence-electron chi connectivity index (χ3n) is 3.96. The van der Waals surface area contributed by atoms with Crippen molar-refractivity contribution < 1.29 is 18.4 Å². The highest BCUT2D eigenvalue weighted by Crippen LogP contribution is 2.11. The Kier molecular flexibility index (Phi) is 6.27. The first-order valence-corrected chi connectivity index (χ1v) is 9.61. The maximum absolute atomic E-state index is 12.2. The first-order valence-electron chi connectivity index (χ1n) is 8.73. The van der Waals surface area contributed by atoms with Crippen LogP contribution in [0.4, 0.5) is 0 Å². The van der Waals surface area contributed by atoms with Gasteiger partial charge >= 0.3 is 5.91 Å². The molecular formula is C19H22N4O4S. The minimum Gasteiger partial charge on any atom is -0.459 e. The standard InChI is InChI=1S/C19H22N4O4S/c1-13-12-28-19(21-18(25)15-5-4-10-26-15)23(13)11-14-6-7-16(27-14)17(24)20-8-9-22(2)3/h4-7,10,12H,8-9,11H2,1-3H3,(H,20,24). The van der Waals surface area contributed by atoms with E-state index in [9.17, 15) is 9.59 Å². The van der Waals surface area contributed by atoms with Crippen molar-refractivity contribution in [2.75, 3.05) is 27.2 Å². The molecule has 0 spiro atoms. The quantitative estimate of drug-likeness (QED) is 0.653. The molecule has 3 aromatic rings. The molecule has 0 fully saturated rings. The summed E-state index contributed by atoms with van der Waals surface area (Å²) in [6, 6.07) is 6.62. The number of amides is 2. The number of carbonyl (C=O) groups excluding carboxylic acids is 2. The van der Waals surface area contributed by atoms with Gasteiger partial charge in [-0.3, -0.25) is 9.59 Å². The molecule has 9 heteroatoms. The minimum absolute atomic E-state index is 0.187. The third-order valence-corrected chi connectivity index (χ3v) is 4.95. The SMILES string of the molecule is Cc1csc(=NC(=O)c2ccco2)n1Cc1ccc(C(=O)NCCN(C)C)o1. The predicted octanol–water partition coefficient (Wildman–Crippen LogP) is 2.12. The van der Waals surface area contributed by atoms with Crippen molar-refractivity contribution in [3.63, 3.8) is 0 Å². The fourth-order valence-corrected chi connectivity index (χ4v) is 3.33. The van der Waals surface area contributed by atoms with Crippen LogP contribution in [0.2, 0.25) is 0 Å². The molecule has 0 atom stereocenters. The summed E-state index contributed by atoms with van der Waals surface area (Å²) in [6.07, 6.45) is 1.43. The summed E-state index contributed by atoms with van der Waals surface area (Å²) in [5.74, 6) is 0.352. The van der Waals surface area contributed by atoms with E-state index in [2.05, 4.69) is 10.3 Å². The number of thiazole rings is 1. The van der Waals surface area contributed by atoms with Gasteiger partial charge in [-0.1, -0.05) is 0 Å². The molecule has 0 aromatic carbocycles. The molecule has 0 saturated carbocycles. The van der Waals surface area contributed by atoms with Gasteiger partial charge in [0, 0.05) is 24.2 Å². The summed E-state index contributed by atoms with van der Waals surface area (Å²) in [7, 11) is 3.88. The van der Waals surface area contributed by atoms with Crippen LogP contribution in [-0.2, 0) is 6.54 Å². The molecule has 0 radical (unpaired) electrons. The monoisotopic (exact) mass is 402 g/mol. The van der Waals surface area contributed by atoms with E-state index in [0.717, 1.165) is 12.2 Å². The molecule has 0 bridgehead atoms. The second-order valence-corrected chi connectivity index (χ2v) is 7.30. The van der Waals surface area contributed by atoms with E-state index in [0.29, 0.717) is 23.7 Å². The van der Waals surface area contributed by atoms with Gasteiger partial charge in [-0.05, 0) is 45.3 Å². The van der Waals surface area contributed by atoms with Gasteiger partial charge < -0.3 is 23.6 Å². The van der Waals surface area contributed by atoms with Crippen molar-refractivity contribution in [1.82, 2.24) is 14.8 Å². The number of hydrogen-bond donors (Lipinski definition) is 1. The van der Waals surface area contributed by atoms with Gasteiger partial charge in [0.1, 0.15) is 5.76 Å². The molecule has 3 heterocycles. The molecule has 3 aromatic heterocycles. The number of aryl methyl sites for hydroxylation is 1. The summed E-state index contributed by atoms with van der Waals surface area (Å²) < 4.78 is 12.6. The fraction of sp³-hybridized carbons (Fsp3) is 0.316. The van der Waals surface area contributed by atoms with Crippen LogP contribution in [0.5, 0.6) is 0 Å². The number of aromatic nitrogens is 1. The lowest BCUT2D eigenvalue weighted by atomic mass is 10.4. The van der Waals surface area contributed by atoms with Crippen molar-refractivity contribution >= 4 is 23.2 Å². The lowest BCUT2D eigenvalue weighted by Crippen LogP contribution is -2.31. The molecule has 28 heavy (non-hydrogen) atoms. The van der Waals surface area contributed by atoms with E-state index in [1.54, 1.807) is 24.3 Å². The molecular weight excluding hydrogens is 380 g/mol. The molecule has 0 aliphatic carbocycles. The largest absolute Gasteiger partial charge is 0.459 e. The zero-order valence-corrected chi connectivity index (χ0v) is 16.8. The van der Waals surface area contributed by atoms with Crippen LogP contribution in [0.3, 0.4) is 0 Å². The molecule has 0 saturated heterocycles. The Balaban J connectivity index is 1.73. The van der Waals surface area contributed by atoms with E-state index in [1.807, 2.05) is 35.9 Å². The summed E-state index contributed by atoms with van der Waals surface area (Å²) in [5.41, 5.74) is 0.935. The predicted molar refractivity (Wildman–Crippen MR) is 104 cm³/mol. The number of nitrogens with one attached hydrogen (secondary N) is 1. The van der Waals surface area contributed by atoms with Crippen LogP contribution in [0.15, 0.2) is 49.7 Å². The minimum atomic E-state index is -0.444. The summed E-state index contributed by atoms with van der Waals surface area (Å²) in [4.78, 5) is 31.0. The van der Waals surface area contributed by atoms with E-state index >= 15 is 0 Å². The Hall–Kier alpha value is -2.91. The van der Waals surface area contributed by atoms with E-state index in [4.69, 9.17) is 8.83 Å². The molecule has 148 valence electrons. The summed E-state index contributed by atoms with van der Waals surface area (Å²) >= 11 is 1.36. The topological polar surface area (TPSA) is 93.0 Å². The zero-order chi connectivity index (χ0) is 20.1. The van der Waals surface area contributed by atoms with Crippen molar-refractivity contribution in [1.29, 1.82) is 0 Å². The second-order valence-electron chi connectivity index (χ2n) is 6.47. The van der Waals surface area contributed by atoms with Gasteiger partial charge in [0.2, 0.25) is 0 Å². The lowest BCUT2D eigenvalue weighted by Gasteiger charge is -2.09. The van der Waals surface area contributed by atoms with Crippen LogP contribution in [0.1, 0.15) is 32.6 Å². The van der Waals surface area contributed by atoms with Crippen LogP contribution in [0, 0.1) is 6.92 Å². The third kappa shape index (κ3) is 4.87. The number of carbonyl (C=O) groups is 2. The highest BCUT2D eigenvalue weighted by Gasteiger charge is 2.13. The van der Waals surface area contributed by atoms with Crippen molar-refractivity contribution in [3.8, 4) is 0 Å². The first-order chi connectivity index (χ1) is 13.4. The van der Waals surface area contributed by atoms with Gasteiger partial charge in [0.05, 0.1) is 12.8 Å². The molecule has 0 unspecified atom stereocenters. The fourth-order valence-electron chi connectivity index (χ4n) is 2.46. The maximum Gasteiger partial charge on any atom is 0.315 e. The Morgan fingerprint density at radius 3 is 2.79 bits per heavy atom. The average Bonchev–Trinajstić information content (AvgIpc) is 3.39. The number of furan rings is 2. The summed E-state index contributed by atoms with van der Waals surface area (Å²) in [5, 5.41) is 4.72. The highest BCUT2D eigenvalue weighted by atomic mass is 32.1. The van der Waals surface area contributed by atoms with Crippen LogP contribution in [0.25, 0.3) is 0 Å². The average molecular weight is 402 g/mol. The summed E-state index contributed by atoms with van der Waals surface area (Å²) in [6.45, 7) is 3.57. The molecule has 8 nitrogen and oxygen atoms in total. The van der Waals surface area contributed by atoms with Gasteiger partial charge in [-0.15, -0.1) is 11.3 Å². The molecule has 0 aliphatic rings. The Morgan fingerprint density at radius 1 is 1.25 bits per heavy atom. The first kappa shape index (κ1) is 19.8. The molecule has 1 N–H and O–H groups in total. The number of nitrogens with zero attached hydrogens (tertiary/aromatic N) is 3. The van der Waals surface area contributed by atoms with E-state index in [1.165, 1.54) is 17.6 Å². The highest BCUT2D eigenvalue weighted by molar-refractivity contribution is 7.07. The number of rotatable bonds is 7. The maximum atomic E-state index is 12.2. The lowest BCUT2D eigenvalue weighted by molar-refractivity contribution is 0.0920. The Morgan fingerprint density at radius 2 is 2.07 bits per heavy atom. The molecule has 2 amide bonds. The Labute approximate surface area is 166 Å². The van der Waals surface area contributed by atoms with Gasteiger partial charge in [-0.2, -0.15) is 4.99 Å². The zero-order valence-electron chi connectivity index (χ0n) is 16.0. The molecule has 3 rings (SSSR count). The van der Waals surface area contributed by atoms with Gasteiger partial charge in [0.15, 0.2) is 16.3 Å². The van der Waals surface area contributed by atoms with Gasteiger partial charge in [-0.25, -0.2) is 0 Å². The molecule has 0 aliphatic heterocycles. The van der Waals surface area contributed by atoms with Gasteiger partial charge in [0.25, 0.3) is 5.91 Å². The van der Waals surface area contributed by atoms with Crippen molar-refractivity contribution in [3.05, 3.63) is 63.7 Å². The normalized spacial score (nSPS) is 11.9. The number of likely N-dealkylation sites (N-methyl/N-ethyl adjacent to an activating group) is 1. The van der Waals surface area contributed by atoms with Crippen molar-refractivity contribution in [2.24, 2.45) is 4.99 Å².